The topological polar surface area (TPSA) is 32.7 Å². The van der Waals surface area contributed by atoms with Gasteiger partial charge in [-0.3, -0.25) is 0 Å². The summed E-state index contributed by atoms with van der Waals surface area (Å²) in [6.07, 6.45) is 0. The van der Waals surface area contributed by atoms with E-state index in [-0.39, 0.29) is 12.1 Å². The molecule has 0 fully saturated rings. The predicted molar refractivity (Wildman–Crippen MR) is 104 cm³/mol. The molecule has 134 valence electrons. The third-order valence-corrected chi connectivity index (χ3v) is 4.57. The Bertz CT molecular complexity index is 762. The van der Waals surface area contributed by atoms with E-state index in [4.69, 9.17) is 4.74 Å². The molecule has 0 amide bonds. The van der Waals surface area contributed by atoms with Crippen LogP contribution in [-0.4, -0.2) is 16.9 Å². The highest BCUT2D eigenvalue weighted by molar-refractivity contribution is 5.22. The van der Waals surface area contributed by atoms with Crippen molar-refractivity contribution in [3.63, 3.8) is 0 Å². The monoisotopic (exact) mass is 347 g/mol. The maximum Gasteiger partial charge on any atom is 0.0840 e. The van der Waals surface area contributed by atoms with E-state index in [9.17, 15) is 5.21 Å². The lowest BCUT2D eigenvalue weighted by Crippen LogP contribution is -2.31. The Morgan fingerprint density at radius 2 is 1.27 bits per heavy atom. The number of ether oxygens (including phenoxy) is 1. The van der Waals surface area contributed by atoms with Crippen LogP contribution in [0.15, 0.2) is 91.0 Å². The molecule has 0 aliphatic rings. The molecule has 0 saturated heterocycles. The lowest BCUT2D eigenvalue weighted by atomic mass is 10.0. The minimum absolute atomic E-state index is 0.137. The highest BCUT2D eigenvalue weighted by Gasteiger charge is 2.25. The molecular weight excluding hydrogens is 322 g/mol. The maximum atomic E-state index is 10.9. The van der Waals surface area contributed by atoms with E-state index in [1.807, 2.05) is 97.9 Å². The van der Waals surface area contributed by atoms with Crippen molar-refractivity contribution in [3.05, 3.63) is 108 Å². The lowest BCUT2D eigenvalue weighted by molar-refractivity contribution is -0.175. The lowest BCUT2D eigenvalue weighted by Gasteiger charge is -2.31. The van der Waals surface area contributed by atoms with Gasteiger partial charge < -0.3 is 9.94 Å². The Kier molecular flexibility index (Phi) is 6.56. The minimum atomic E-state index is -0.241. The largest absolute Gasteiger partial charge is 0.375 e. The van der Waals surface area contributed by atoms with Crippen LogP contribution in [0.5, 0.6) is 0 Å². The van der Waals surface area contributed by atoms with Gasteiger partial charge in [0.1, 0.15) is 0 Å². The Morgan fingerprint density at radius 3 is 1.85 bits per heavy atom. The van der Waals surface area contributed by atoms with Gasteiger partial charge in [0.25, 0.3) is 0 Å². The smallest absolute Gasteiger partial charge is 0.0840 e. The molecule has 0 bridgehead atoms. The number of hydrogen-bond donors (Lipinski definition) is 1. The van der Waals surface area contributed by atoms with Crippen LogP contribution in [0.4, 0.5) is 0 Å². The summed E-state index contributed by atoms with van der Waals surface area (Å²) >= 11 is 0. The fraction of sp³-hybridized carbons (Fsp3) is 0.217. The van der Waals surface area contributed by atoms with Crippen LogP contribution in [-0.2, 0) is 11.3 Å². The van der Waals surface area contributed by atoms with Crippen molar-refractivity contribution in [1.29, 1.82) is 0 Å². The van der Waals surface area contributed by atoms with E-state index in [0.29, 0.717) is 13.2 Å². The van der Waals surface area contributed by atoms with Crippen molar-refractivity contribution >= 4 is 0 Å². The number of benzene rings is 3. The van der Waals surface area contributed by atoms with Crippen LogP contribution in [0.2, 0.25) is 0 Å². The molecule has 0 aliphatic carbocycles. The van der Waals surface area contributed by atoms with Crippen LogP contribution < -0.4 is 0 Å². The molecule has 3 rings (SSSR count). The van der Waals surface area contributed by atoms with Crippen LogP contribution in [0, 0.1) is 0 Å². The molecule has 0 unspecified atom stereocenters. The van der Waals surface area contributed by atoms with Crippen LogP contribution in [0.3, 0.4) is 0 Å². The van der Waals surface area contributed by atoms with E-state index in [1.54, 1.807) is 0 Å². The fourth-order valence-corrected chi connectivity index (χ4v) is 3.02. The maximum absolute atomic E-state index is 10.9. The number of rotatable bonds is 8. The summed E-state index contributed by atoms with van der Waals surface area (Å²) < 4.78 is 5.94. The fourth-order valence-electron chi connectivity index (χ4n) is 3.02. The third-order valence-electron chi connectivity index (χ3n) is 4.57. The van der Waals surface area contributed by atoms with Crippen molar-refractivity contribution in [1.82, 2.24) is 5.06 Å². The number of hydrogen-bond acceptors (Lipinski definition) is 3. The van der Waals surface area contributed by atoms with E-state index >= 15 is 0 Å². The quantitative estimate of drug-likeness (QED) is 0.554. The summed E-state index contributed by atoms with van der Waals surface area (Å²) in [6, 6.07) is 29.7. The van der Waals surface area contributed by atoms with E-state index < -0.39 is 0 Å². The molecule has 0 heterocycles. The third kappa shape index (κ3) is 4.79. The first-order valence-corrected chi connectivity index (χ1v) is 8.94. The highest BCUT2D eigenvalue weighted by atomic mass is 16.5. The first kappa shape index (κ1) is 18.3. The molecule has 0 saturated carbocycles. The van der Waals surface area contributed by atoms with Gasteiger partial charge in [-0.2, -0.15) is 5.06 Å². The minimum Gasteiger partial charge on any atom is -0.375 e. The standard InChI is InChI=1S/C23H25NO2/c1-19(21-13-7-3-8-14-21)24(25)23(22-15-9-4-10-16-22)18-26-17-20-11-5-2-6-12-20/h2-16,19,23,25H,17-18H2,1H3/t19-,23-/m0/s1. The van der Waals surface area contributed by atoms with Gasteiger partial charge in [-0.1, -0.05) is 91.0 Å². The molecule has 3 aromatic carbocycles. The molecule has 26 heavy (non-hydrogen) atoms. The highest BCUT2D eigenvalue weighted by Crippen LogP contribution is 2.29. The zero-order valence-corrected chi connectivity index (χ0v) is 15.0. The molecule has 3 aromatic rings. The predicted octanol–water partition coefficient (Wildman–Crippen LogP) is 5.40. The van der Waals surface area contributed by atoms with Crippen LogP contribution in [0.1, 0.15) is 35.7 Å². The molecular formula is C23H25NO2. The molecule has 1 N–H and O–H groups in total. The molecule has 0 aliphatic heterocycles. The Morgan fingerprint density at radius 1 is 0.769 bits per heavy atom. The van der Waals surface area contributed by atoms with Gasteiger partial charge in [0.15, 0.2) is 0 Å². The van der Waals surface area contributed by atoms with E-state index in [2.05, 4.69) is 0 Å². The second-order valence-electron chi connectivity index (χ2n) is 6.39. The average Bonchev–Trinajstić information content (AvgIpc) is 2.72. The average molecular weight is 347 g/mol. The second kappa shape index (κ2) is 9.30. The molecule has 2 atom stereocenters. The Hall–Kier alpha value is -2.46. The molecule has 3 heteroatoms. The van der Waals surface area contributed by atoms with Crippen molar-refractivity contribution in [2.45, 2.75) is 25.6 Å². The van der Waals surface area contributed by atoms with Gasteiger partial charge in [-0.25, -0.2) is 0 Å². The van der Waals surface area contributed by atoms with Crippen molar-refractivity contribution < 1.29 is 9.94 Å². The first-order valence-electron chi connectivity index (χ1n) is 8.94. The number of nitrogens with zero attached hydrogens (tertiary/aromatic N) is 1. The second-order valence-corrected chi connectivity index (χ2v) is 6.39. The molecule has 0 aromatic heterocycles. The SMILES string of the molecule is C[C@@H](c1ccccc1)N(O)[C@@H](COCc1ccccc1)c1ccccc1. The number of hydroxylamine groups is 2. The summed E-state index contributed by atoms with van der Waals surface area (Å²) in [5, 5.41) is 12.3. The van der Waals surface area contributed by atoms with Crippen molar-refractivity contribution in [2.24, 2.45) is 0 Å². The zero-order valence-electron chi connectivity index (χ0n) is 15.0. The van der Waals surface area contributed by atoms with Crippen molar-refractivity contribution in [2.75, 3.05) is 6.61 Å². The van der Waals surface area contributed by atoms with Gasteiger partial charge in [0, 0.05) is 0 Å². The summed E-state index contributed by atoms with van der Waals surface area (Å²) in [5.41, 5.74) is 3.23. The summed E-state index contributed by atoms with van der Waals surface area (Å²) in [7, 11) is 0. The molecule has 0 radical (unpaired) electrons. The van der Waals surface area contributed by atoms with Gasteiger partial charge >= 0.3 is 0 Å². The van der Waals surface area contributed by atoms with Gasteiger partial charge in [0.05, 0.1) is 25.3 Å². The van der Waals surface area contributed by atoms with Gasteiger partial charge in [0.2, 0.25) is 0 Å². The first-order chi connectivity index (χ1) is 12.8. The summed E-state index contributed by atoms with van der Waals surface area (Å²) in [5.74, 6) is 0. The van der Waals surface area contributed by atoms with E-state index in [1.165, 1.54) is 5.06 Å². The normalized spacial score (nSPS) is 13.5. The zero-order chi connectivity index (χ0) is 18.2. The molecule has 3 nitrogen and oxygen atoms in total. The van der Waals surface area contributed by atoms with Gasteiger partial charge in [-0.05, 0) is 23.6 Å². The molecule has 0 spiro atoms. The van der Waals surface area contributed by atoms with E-state index in [0.717, 1.165) is 16.7 Å². The van der Waals surface area contributed by atoms with Crippen molar-refractivity contribution in [3.8, 4) is 0 Å². The van der Waals surface area contributed by atoms with Crippen LogP contribution in [0.25, 0.3) is 0 Å². The Labute approximate surface area is 155 Å². The summed E-state index contributed by atoms with van der Waals surface area (Å²) in [6.45, 7) is 2.94. The van der Waals surface area contributed by atoms with Crippen LogP contribution >= 0.6 is 0 Å². The van der Waals surface area contributed by atoms with Gasteiger partial charge in [-0.15, -0.1) is 0 Å². The Balaban J connectivity index is 1.73. The summed E-state index contributed by atoms with van der Waals surface area (Å²) in [4.78, 5) is 0.